The molecule has 0 unspecified atom stereocenters. The Hall–Kier alpha value is -1.54. The van der Waals surface area contributed by atoms with Crippen LogP contribution in [0.15, 0.2) is 42.5 Å². The van der Waals surface area contributed by atoms with E-state index in [0.717, 1.165) is 13.1 Å². The lowest BCUT2D eigenvalue weighted by molar-refractivity contribution is 0.209. The highest BCUT2D eigenvalue weighted by atomic mass is 15.3. The second-order valence-electron chi connectivity index (χ2n) is 5.62. The van der Waals surface area contributed by atoms with Crippen LogP contribution in [0.2, 0.25) is 0 Å². The van der Waals surface area contributed by atoms with Gasteiger partial charge in [0.05, 0.1) is 0 Å². The molecule has 0 atom stereocenters. The quantitative estimate of drug-likeness (QED) is 0.810. The predicted octanol–water partition coefficient (Wildman–Crippen LogP) is 3.37. The molecule has 1 aliphatic rings. The van der Waals surface area contributed by atoms with Gasteiger partial charge in [0.25, 0.3) is 0 Å². The average Bonchev–Trinajstić information content (AvgIpc) is 2.47. The van der Waals surface area contributed by atoms with Crippen molar-refractivity contribution in [3.8, 4) is 0 Å². The van der Waals surface area contributed by atoms with Gasteiger partial charge < -0.3 is 4.90 Å². The monoisotopic (exact) mass is 254 g/mol. The molecule has 0 aliphatic carbocycles. The van der Waals surface area contributed by atoms with Crippen LogP contribution in [0.1, 0.15) is 13.8 Å². The summed E-state index contributed by atoms with van der Waals surface area (Å²) in [6, 6.07) is 16.0. The number of anilines is 1. The van der Waals surface area contributed by atoms with Crippen LogP contribution in [0.4, 0.5) is 5.69 Å². The summed E-state index contributed by atoms with van der Waals surface area (Å²) in [4.78, 5) is 5.09. The fourth-order valence-corrected chi connectivity index (χ4v) is 2.96. The van der Waals surface area contributed by atoms with Gasteiger partial charge in [0.15, 0.2) is 0 Å². The van der Waals surface area contributed by atoms with Crippen molar-refractivity contribution in [2.75, 3.05) is 31.1 Å². The lowest BCUT2D eigenvalue weighted by atomic mass is 10.1. The van der Waals surface area contributed by atoms with Gasteiger partial charge in [-0.25, -0.2) is 0 Å². The zero-order valence-corrected chi connectivity index (χ0v) is 11.8. The van der Waals surface area contributed by atoms with Crippen molar-refractivity contribution in [3.05, 3.63) is 42.5 Å². The summed E-state index contributed by atoms with van der Waals surface area (Å²) in [5, 5.41) is 2.72. The lowest BCUT2D eigenvalue weighted by Gasteiger charge is -2.38. The van der Waals surface area contributed by atoms with Gasteiger partial charge >= 0.3 is 0 Å². The van der Waals surface area contributed by atoms with Crippen molar-refractivity contribution in [3.63, 3.8) is 0 Å². The second-order valence-corrected chi connectivity index (χ2v) is 5.62. The van der Waals surface area contributed by atoms with Crippen molar-refractivity contribution in [1.82, 2.24) is 4.90 Å². The molecule has 0 radical (unpaired) electrons. The first-order valence-corrected chi connectivity index (χ1v) is 7.22. The molecule has 0 N–H and O–H groups in total. The number of piperazine rings is 1. The Morgan fingerprint density at radius 3 is 2.26 bits per heavy atom. The molecule has 2 aromatic carbocycles. The summed E-state index contributed by atoms with van der Waals surface area (Å²) in [6.45, 7) is 9.17. The minimum Gasteiger partial charge on any atom is -0.368 e. The van der Waals surface area contributed by atoms with Crippen molar-refractivity contribution in [2.24, 2.45) is 0 Å². The van der Waals surface area contributed by atoms with Crippen molar-refractivity contribution in [1.29, 1.82) is 0 Å². The fraction of sp³-hybridized carbons (Fsp3) is 0.412. The third kappa shape index (κ3) is 2.45. The summed E-state index contributed by atoms with van der Waals surface area (Å²) >= 11 is 0. The molecule has 19 heavy (non-hydrogen) atoms. The van der Waals surface area contributed by atoms with Gasteiger partial charge in [0.1, 0.15) is 0 Å². The van der Waals surface area contributed by atoms with Crippen molar-refractivity contribution in [2.45, 2.75) is 19.9 Å². The maximum atomic E-state index is 2.56. The number of nitrogens with zero attached hydrogens (tertiary/aromatic N) is 2. The topological polar surface area (TPSA) is 6.48 Å². The summed E-state index contributed by atoms with van der Waals surface area (Å²) < 4.78 is 0. The van der Waals surface area contributed by atoms with Crippen molar-refractivity contribution >= 4 is 16.5 Å². The van der Waals surface area contributed by atoms with E-state index in [1.807, 2.05) is 0 Å². The Morgan fingerprint density at radius 1 is 0.842 bits per heavy atom. The van der Waals surface area contributed by atoms with Gasteiger partial charge in [-0.2, -0.15) is 0 Å². The first-order valence-electron chi connectivity index (χ1n) is 7.22. The van der Waals surface area contributed by atoms with Crippen LogP contribution in [0.5, 0.6) is 0 Å². The largest absolute Gasteiger partial charge is 0.368 e. The molecule has 1 heterocycles. The molecule has 2 aromatic rings. The molecule has 1 fully saturated rings. The molecule has 0 amide bonds. The number of hydrogen-bond acceptors (Lipinski definition) is 2. The van der Waals surface area contributed by atoms with Gasteiger partial charge in [0, 0.05) is 43.3 Å². The van der Waals surface area contributed by atoms with Gasteiger partial charge in [-0.15, -0.1) is 0 Å². The maximum Gasteiger partial charge on any atom is 0.0446 e. The van der Waals surface area contributed by atoms with E-state index in [1.165, 1.54) is 29.5 Å². The Labute approximate surface area is 115 Å². The molecule has 3 rings (SSSR count). The Morgan fingerprint density at radius 2 is 1.53 bits per heavy atom. The van der Waals surface area contributed by atoms with E-state index in [1.54, 1.807) is 0 Å². The number of fused-ring (bicyclic) bond motifs is 1. The minimum absolute atomic E-state index is 0.662. The number of rotatable bonds is 2. The van der Waals surface area contributed by atoms with Crippen LogP contribution in [-0.4, -0.2) is 37.1 Å². The smallest absolute Gasteiger partial charge is 0.0446 e. The molecule has 0 spiro atoms. The predicted molar refractivity (Wildman–Crippen MR) is 82.9 cm³/mol. The van der Waals surface area contributed by atoms with Crippen LogP contribution >= 0.6 is 0 Å². The Kier molecular flexibility index (Phi) is 3.43. The average molecular weight is 254 g/mol. The maximum absolute atomic E-state index is 2.56. The van der Waals surface area contributed by atoms with Crippen LogP contribution in [0, 0.1) is 0 Å². The zero-order chi connectivity index (χ0) is 13.2. The molecule has 0 bridgehead atoms. The first-order chi connectivity index (χ1) is 9.25. The van der Waals surface area contributed by atoms with E-state index in [0.29, 0.717) is 6.04 Å². The highest BCUT2D eigenvalue weighted by Gasteiger charge is 2.19. The van der Waals surface area contributed by atoms with Crippen LogP contribution in [0.3, 0.4) is 0 Å². The van der Waals surface area contributed by atoms with Crippen molar-refractivity contribution < 1.29 is 0 Å². The normalized spacial score (nSPS) is 17.3. The number of benzene rings is 2. The second kappa shape index (κ2) is 5.22. The molecule has 0 saturated carbocycles. The molecule has 100 valence electrons. The Balaban J connectivity index is 1.86. The highest BCUT2D eigenvalue weighted by molar-refractivity contribution is 5.94. The summed E-state index contributed by atoms with van der Waals surface area (Å²) in [5.74, 6) is 0. The lowest BCUT2D eigenvalue weighted by Crippen LogP contribution is -2.48. The fourth-order valence-electron chi connectivity index (χ4n) is 2.96. The third-order valence-electron chi connectivity index (χ3n) is 4.15. The van der Waals surface area contributed by atoms with E-state index in [4.69, 9.17) is 0 Å². The molecule has 2 heteroatoms. The molecule has 0 aromatic heterocycles. The molecule has 1 aliphatic heterocycles. The summed E-state index contributed by atoms with van der Waals surface area (Å²) in [7, 11) is 0. The third-order valence-corrected chi connectivity index (χ3v) is 4.15. The Bertz CT molecular complexity index is 549. The van der Waals surface area contributed by atoms with E-state index >= 15 is 0 Å². The van der Waals surface area contributed by atoms with Gasteiger partial charge in [-0.05, 0) is 25.3 Å². The van der Waals surface area contributed by atoms with E-state index in [2.05, 4.69) is 66.1 Å². The molecular formula is C17H22N2. The number of hydrogen-bond donors (Lipinski definition) is 0. The first kappa shape index (κ1) is 12.5. The summed E-state index contributed by atoms with van der Waals surface area (Å²) in [6.07, 6.45) is 0. The van der Waals surface area contributed by atoms with Crippen LogP contribution < -0.4 is 4.90 Å². The van der Waals surface area contributed by atoms with Crippen LogP contribution in [-0.2, 0) is 0 Å². The van der Waals surface area contributed by atoms with Crippen LogP contribution in [0.25, 0.3) is 10.8 Å². The van der Waals surface area contributed by atoms with E-state index in [-0.39, 0.29) is 0 Å². The zero-order valence-electron chi connectivity index (χ0n) is 11.8. The van der Waals surface area contributed by atoms with Gasteiger partial charge in [-0.1, -0.05) is 36.4 Å². The summed E-state index contributed by atoms with van der Waals surface area (Å²) in [5.41, 5.74) is 1.39. The highest BCUT2D eigenvalue weighted by Crippen LogP contribution is 2.27. The molecule has 1 saturated heterocycles. The van der Waals surface area contributed by atoms with Gasteiger partial charge in [-0.3, -0.25) is 4.90 Å². The van der Waals surface area contributed by atoms with E-state index in [9.17, 15) is 0 Å². The van der Waals surface area contributed by atoms with Gasteiger partial charge in [0.2, 0.25) is 0 Å². The standard InChI is InChI=1S/C17H22N2/c1-14(2)18-10-12-19(13-11-18)17-9-5-7-15-6-3-4-8-16(15)17/h3-9,14H,10-13H2,1-2H3. The molecular weight excluding hydrogens is 232 g/mol. The van der Waals surface area contributed by atoms with E-state index < -0.39 is 0 Å². The molecule has 2 nitrogen and oxygen atoms in total. The SMILES string of the molecule is CC(C)N1CCN(c2cccc3ccccc23)CC1. The minimum atomic E-state index is 0.662.